The van der Waals surface area contributed by atoms with Gasteiger partial charge in [0.15, 0.2) is 0 Å². The van der Waals surface area contributed by atoms with E-state index in [1.54, 1.807) is 32.9 Å². The van der Waals surface area contributed by atoms with Crippen LogP contribution in [0.1, 0.15) is 37.6 Å². The number of halogens is 1. The standard InChI is InChI=1S/C22H20FN3O3S/c1-22(2,3)29-21(27)12-19-26-25-18(28-19)11-20-24-16-9-8-13(10-17(16)30-20)14-6-4-5-7-15(14)23/h4-10H,11-12H2,1-3H3. The van der Waals surface area contributed by atoms with Crippen LogP contribution in [0.15, 0.2) is 46.9 Å². The normalized spacial score (nSPS) is 11.7. The average molecular weight is 425 g/mol. The Hall–Kier alpha value is -3.13. The second-order valence-corrected chi connectivity index (χ2v) is 8.91. The van der Waals surface area contributed by atoms with Gasteiger partial charge in [-0.3, -0.25) is 4.79 Å². The summed E-state index contributed by atoms with van der Waals surface area (Å²) >= 11 is 1.48. The van der Waals surface area contributed by atoms with Crippen LogP contribution in [0.2, 0.25) is 0 Å². The summed E-state index contributed by atoms with van der Waals surface area (Å²) in [6, 6.07) is 12.3. The van der Waals surface area contributed by atoms with Gasteiger partial charge in [0.1, 0.15) is 22.8 Å². The molecule has 0 N–H and O–H groups in total. The molecular weight excluding hydrogens is 405 g/mol. The van der Waals surface area contributed by atoms with Crippen molar-refractivity contribution in [1.29, 1.82) is 0 Å². The van der Waals surface area contributed by atoms with Crippen LogP contribution in [-0.2, 0) is 22.4 Å². The van der Waals surface area contributed by atoms with Gasteiger partial charge in [-0.25, -0.2) is 9.37 Å². The number of hydrogen-bond donors (Lipinski definition) is 0. The van der Waals surface area contributed by atoms with Crippen LogP contribution in [0.25, 0.3) is 21.3 Å². The number of benzene rings is 2. The lowest BCUT2D eigenvalue weighted by atomic mass is 10.1. The van der Waals surface area contributed by atoms with Crippen LogP contribution in [0, 0.1) is 5.82 Å². The molecule has 0 fully saturated rings. The molecule has 0 spiro atoms. The highest BCUT2D eigenvalue weighted by Crippen LogP contribution is 2.30. The maximum Gasteiger partial charge on any atom is 0.315 e. The first-order chi connectivity index (χ1) is 14.3. The topological polar surface area (TPSA) is 78.1 Å². The molecule has 2 aromatic heterocycles. The second kappa shape index (κ2) is 7.95. The van der Waals surface area contributed by atoms with Gasteiger partial charge in [-0.05, 0) is 44.5 Å². The van der Waals surface area contributed by atoms with Gasteiger partial charge in [-0.15, -0.1) is 21.5 Å². The molecule has 0 saturated carbocycles. The molecule has 0 aliphatic rings. The van der Waals surface area contributed by atoms with Gasteiger partial charge in [0.25, 0.3) is 0 Å². The van der Waals surface area contributed by atoms with Crippen molar-refractivity contribution in [2.75, 3.05) is 0 Å². The van der Waals surface area contributed by atoms with E-state index in [9.17, 15) is 9.18 Å². The third kappa shape index (κ3) is 4.71. The Labute approximate surface area is 176 Å². The molecule has 0 radical (unpaired) electrons. The number of rotatable bonds is 5. The Morgan fingerprint density at radius 2 is 1.90 bits per heavy atom. The van der Waals surface area contributed by atoms with Crippen molar-refractivity contribution >= 4 is 27.5 Å². The maximum absolute atomic E-state index is 14.1. The minimum atomic E-state index is -0.567. The van der Waals surface area contributed by atoms with Crippen molar-refractivity contribution in [1.82, 2.24) is 15.2 Å². The lowest BCUT2D eigenvalue weighted by Crippen LogP contribution is -2.24. The second-order valence-electron chi connectivity index (χ2n) is 7.80. The molecular formula is C22H20FN3O3S. The molecule has 0 atom stereocenters. The van der Waals surface area contributed by atoms with E-state index in [1.165, 1.54) is 17.4 Å². The molecule has 2 heterocycles. The number of aromatic nitrogens is 3. The molecule has 0 aliphatic heterocycles. The zero-order valence-electron chi connectivity index (χ0n) is 16.8. The minimum Gasteiger partial charge on any atom is -0.460 e. The monoisotopic (exact) mass is 425 g/mol. The number of thiazole rings is 1. The quantitative estimate of drug-likeness (QED) is 0.421. The lowest BCUT2D eigenvalue weighted by molar-refractivity contribution is -0.154. The highest BCUT2D eigenvalue weighted by Gasteiger charge is 2.19. The number of nitrogens with zero attached hydrogens (tertiary/aromatic N) is 3. The third-order valence-electron chi connectivity index (χ3n) is 4.14. The van der Waals surface area contributed by atoms with Crippen LogP contribution in [0.4, 0.5) is 4.39 Å². The molecule has 2 aromatic carbocycles. The van der Waals surface area contributed by atoms with E-state index in [0.29, 0.717) is 17.9 Å². The SMILES string of the molecule is CC(C)(C)OC(=O)Cc1nnc(Cc2nc3ccc(-c4ccccc4F)cc3s2)o1. The molecule has 8 heteroatoms. The first-order valence-electron chi connectivity index (χ1n) is 9.44. The van der Waals surface area contributed by atoms with Crippen molar-refractivity contribution < 1.29 is 18.3 Å². The predicted molar refractivity (Wildman–Crippen MR) is 112 cm³/mol. The van der Waals surface area contributed by atoms with E-state index in [0.717, 1.165) is 20.8 Å². The molecule has 0 aliphatic carbocycles. The molecule has 4 aromatic rings. The summed E-state index contributed by atoms with van der Waals surface area (Å²) in [7, 11) is 0. The minimum absolute atomic E-state index is 0.0733. The fourth-order valence-electron chi connectivity index (χ4n) is 2.97. The predicted octanol–water partition coefficient (Wildman–Crippen LogP) is 4.96. The van der Waals surface area contributed by atoms with E-state index in [4.69, 9.17) is 9.15 Å². The summed E-state index contributed by atoms with van der Waals surface area (Å²) in [5.41, 5.74) is 1.61. The summed E-state index contributed by atoms with van der Waals surface area (Å²) in [5.74, 6) is -0.0903. The van der Waals surface area contributed by atoms with E-state index >= 15 is 0 Å². The van der Waals surface area contributed by atoms with E-state index in [1.807, 2.05) is 24.3 Å². The van der Waals surface area contributed by atoms with E-state index in [-0.39, 0.29) is 18.1 Å². The summed E-state index contributed by atoms with van der Waals surface area (Å²) in [4.78, 5) is 16.5. The van der Waals surface area contributed by atoms with Crippen LogP contribution >= 0.6 is 11.3 Å². The van der Waals surface area contributed by atoms with Gasteiger partial charge in [0.2, 0.25) is 11.8 Å². The van der Waals surface area contributed by atoms with Gasteiger partial charge >= 0.3 is 5.97 Å². The van der Waals surface area contributed by atoms with Crippen molar-refractivity contribution in [2.45, 2.75) is 39.2 Å². The van der Waals surface area contributed by atoms with Gasteiger partial charge in [0.05, 0.1) is 16.6 Å². The van der Waals surface area contributed by atoms with Crippen molar-refractivity contribution in [3.8, 4) is 11.1 Å². The molecule has 30 heavy (non-hydrogen) atoms. The Morgan fingerprint density at radius 3 is 2.67 bits per heavy atom. The van der Waals surface area contributed by atoms with Crippen LogP contribution in [0.5, 0.6) is 0 Å². The lowest BCUT2D eigenvalue weighted by Gasteiger charge is -2.18. The van der Waals surface area contributed by atoms with E-state index < -0.39 is 11.6 Å². The fraction of sp³-hybridized carbons (Fsp3) is 0.273. The van der Waals surface area contributed by atoms with Gasteiger partial charge in [-0.2, -0.15) is 0 Å². The number of hydrogen-bond acceptors (Lipinski definition) is 7. The molecule has 0 amide bonds. The van der Waals surface area contributed by atoms with Gasteiger partial charge in [0, 0.05) is 5.56 Å². The number of ether oxygens (including phenoxy) is 1. The average Bonchev–Trinajstić information content (AvgIpc) is 3.26. The molecule has 4 rings (SSSR count). The zero-order valence-corrected chi connectivity index (χ0v) is 17.6. The summed E-state index contributed by atoms with van der Waals surface area (Å²) in [6.07, 6.45) is 0.284. The molecule has 0 bridgehead atoms. The maximum atomic E-state index is 14.1. The fourth-order valence-corrected chi connectivity index (χ4v) is 3.97. The van der Waals surface area contributed by atoms with Crippen LogP contribution < -0.4 is 0 Å². The Morgan fingerprint density at radius 1 is 1.13 bits per heavy atom. The highest BCUT2D eigenvalue weighted by molar-refractivity contribution is 7.18. The van der Waals surface area contributed by atoms with Crippen molar-refractivity contribution in [3.63, 3.8) is 0 Å². The number of carbonyl (C=O) groups excluding carboxylic acids is 1. The Kier molecular flexibility index (Phi) is 5.34. The first-order valence-corrected chi connectivity index (χ1v) is 10.3. The van der Waals surface area contributed by atoms with Crippen molar-refractivity contribution in [2.24, 2.45) is 0 Å². The molecule has 154 valence electrons. The smallest absolute Gasteiger partial charge is 0.315 e. The third-order valence-corrected chi connectivity index (χ3v) is 5.16. The Bertz CT molecular complexity index is 1210. The molecule has 0 unspecified atom stereocenters. The largest absolute Gasteiger partial charge is 0.460 e. The molecule has 0 saturated heterocycles. The summed E-state index contributed by atoms with van der Waals surface area (Å²) in [5, 5.41) is 8.71. The Balaban J connectivity index is 1.49. The summed E-state index contributed by atoms with van der Waals surface area (Å²) < 4.78 is 25.9. The first kappa shape index (κ1) is 20.2. The highest BCUT2D eigenvalue weighted by atomic mass is 32.1. The van der Waals surface area contributed by atoms with Crippen LogP contribution in [0.3, 0.4) is 0 Å². The number of fused-ring (bicyclic) bond motifs is 1. The van der Waals surface area contributed by atoms with Crippen molar-refractivity contribution in [3.05, 3.63) is 65.1 Å². The summed E-state index contributed by atoms with van der Waals surface area (Å²) in [6.45, 7) is 5.40. The van der Waals surface area contributed by atoms with E-state index in [2.05, 4.69) is 15.2 Å². The number of carbonyl (C=O) groups is 1. The zero-order chi connectivity index (χ0) is 21.3. The van der Waals surface area contributed by atoms with Crippen LogP contribution in [-0.4, -0.2) is 26.8 Å². The number of esters is 1. The van der Waals surface area contributed by atoms with Gasteiger partial charge < -0.3 is 9.15 Å². The molecule has 6 nitrogen and oxygen atoms in total. The van der Waals surface area contributed by atoms with Gasteiger partial charge in [-0.1, -0.05) is 24.3 Å².